The van der Waals surface area contributed by atoms with E-state index in [4.69, 9.17) is 23.2 Å². The predicted octanol–water partition coefficient (Wildman–Crippen LogP) is 2.91. The zero-order valence-electron chi connectivity index (χ0n) is 9.32. The molecule has 1 rings (SSSR count). The maximum Gasteiger partial charge on any atom is 0.0842 e. The third-order valence-corrected chi connectivity index (χ3v) is 3.40. The predicted molar refractivity (Wildman–Crippen MR) is 67.0 cm³/mol. The van der Waals surface area contributed by atoms with E-state index in [1.807, 2.05) is 13.8 Å². The van der Waals surface area contributed by atoms with Crippen LogP contribution in [0.2, 0.25) is 10.0 Å². The van der Waals surface area contributed by atoms with Gasteiger partial charge in [-0.15, -0.1) is 0 Å². The van der Waals surface area contributed by atoms with Crippen LogP contribution < -0.4 is 0 Å². The lowest BCUT2D eigenvalue weighted by Crippen LogP contribution is -2.32. The number of aliphatic hydroxyl groups excluding tert-OH is 2. The Morgan fingerprint density at radius 1 is 1.19 bits per heavy atom. The first-order valence-electron chi connectivity index (χ1n) is 5.22. The van der Waals surface area contributed by atoms with Crippen molar-refractivity contribution in [3.8, 4) is 0 Å². The molecule has 2 unspecified atom stereocenters. The van der Waals surface area contributed by atoms with E-state index in [1.165, 1.54) is 0 Å². The Kier molecular flexibility index (Phi) is 5.06. The van der Waals surface area contributed by atoms with Gasteiger partial charge in [0.15, 0.2) is 0 Å². The molecule has 0 aliphatic heterocycles. The molecular weight excluding hydrogens is 247 g/mol. The summed E-state index contributed by atoms with van der Waals surface area (Å²) in [6.45, 7) is 3.71. The number of rotatable bonds is 4. The zero-order valence-corrected chi connectivity index (χ0v) is 10.8. The summed E-state index contributed by atoms with van der Waals surface area (Å²) >= 11 is 11.9. The molecule has 0 saturated carbocycles. The van der Waals surface area contributed by atoms with Crippen molar-refractivity contribution >= 4 is 23.2 Å². The van der Waals surface area contributed by atoms with Gasteiger partial charge in [-0.3, -0.25) is 0 Å². The van der Waals surface area contributed by atoms with Gasteiger partial charge in [0.05, 0.1) is 22.3 Å². The van der Waals surface area contributed by atoms with Gasteiger partial charge in [0, 0.05) is 6.42 Å². The van der Waals surface area contributed by atoms with Gasteiger partial charge in [0.2, 0.25) is 0 Å². The van der Waals surface area contributed by atoms with E-state index in [1.54, 1.807) is 18.2 Å². The van der Waals surface area contributed by atoms with E-state index in [2.05, 4.69) is 0 Å². The number of aliphatic hydroxyl groups is 2. The lowest BCUT2D eigenvalue weighted by Gasteiger charge is -2.21. The van der Waals surface area contributed by atoms with E-state index < -0.39 is 12.2 Å². The van der Waals surface area contributed by atoms with Crippen molar-refractivity contribution in [3.05, 3.63) is 33.8 Å². The maximum absolute atomic E-state index is 9.81. The quantitative estimate of drug-likeness (QED) is 0.876. The highest BCUT2D eigenvalue weighted by molar-refractivity contribution is 6.42. The van der Waals surface area contributed by atoms with E-state index in [9.17, 15) is 10.2 Å². The van der Waals surface area contributed by atoms with Crippen LogP contribution in [0.3, 0.4) is 0 Å². The third-order valence-electron chi connectivity index (χ3n) is 2.54. The molecular formula is C12H16Cl2O2. The number of benzene rings is 1. The van der Waals surface area contributed by atoms with E-state index >= 15 is 0 Å². The number of hydrogen-bond acceptors (Lipinski definition) is 2. The molecule has 16 heavy (non-hydrogen) atoms. The van der Waals surface area contributed by atoms with Crippen molar-refractivity contribution in [2.45, 2.75) is 32.5 Å². The SMILES string of the molecule is CC(C)C(O)C(O)Cc1cccc(Cl)c1Cl. The first-order valence-corrected chi connectivity index (χ1v) is 5.98. The second kappa shape index (κ2) is 5.87. The highest BCUT2D eigenvalue weighted by atomic mass is 35.5. The highest BCUT2D eigenvalue weighted by Gasteiger charge is 2.21. The van der Waals surface area contributed by atoms with Gasteiger partial charge < -0.3 is 10.2 Å². The largest absolute Gasteiger partial charge is 0.390 e. The summed E-state index contributed by atoms with van der Waals surface area (Å²) in [6.07, 6.45) is -1.27. The molecule has 0 heterocycles. The topological polar surface area (TPSA) is 40.5 Å². The molecule has 0 radical (unpaired) electrons. The molecule has 0 spiro atoms. The van der Waals surface area contributed by atoms with Crippen LogP contribution in [-0.4, -0.2) is 22.4 Å². The Morgan fingerprint density at radius 3 is 2.38 bits per heavy atom. The Balaban J connectivity index is 2.77. The van der Waals surface area contributed by atoms with Gasteiger partial charge in [0.1, 0.15) is 0 Å². The maximum atomic E-state index is 9.81. The van der Waals surface area contributed by atoms with Gasteiger partial charge in [-0.1, -0.05) is 49.2 Å². The van der Waals surface area contributed by atoms with Gasteiger partial charge in [-0.2, -0.15) is 0 Å². The lowest BCUT2D eigenvalue weighted by molar-refractivity contribution is -0.00730. The van der Waals surface area contributed by atoms with E-state index in [0.717, 1.165) is 5.56 Å². The Labute approximate surface area is 106 Å². The smallest absolute Gasteiger partial charge is 0.0842 e. The molecule has 0 fully saturated rings. The summed E-state index contributed by atoms with van der Waals surface area (Å²) < 4.78 is 0. The first kappa shape index (κ1) is 13.8. The normalized spacial score (nSPS) is 15.2. The minimum atomic E-state index is -0.823. The van der Waals surface area contributed by atoms with Crippen LogP contribution in [0.4, 0.5) is 0 Å². The Morgan fingerprint density at radius 2 is 1.81 bits per heavy atom. The Hall–Kier alpha value is -0.280. The van der Waals surface area contributed by atoms with Gasteiger partial charge in [-0.05, 0) is 17.5 Å². The molecule has 0 amide bonds. The molecule has 0 aliphatic rings. The fourth-order valence-corrected chi connectivity index (χ4v) is 1.89. The monoisotopic (exact) mass is 262 g/mol. The molecule has 0 aliphatic carbocycles. The van der Waals surface area contributed by atoms with Crippen molar-refractivity contribution in [1.82, 2.24) is 0 Å². The Bertz CT molecular complexity index is 353. The van der Waals surface area contributed by atoms with Crippen LogP contribution in [0.15, 0.2) is 18.2 Å². The first-order chi connectivity index (χ1) is 7.43. The molecule has 2 N–H and O–H groups in total. The van der Waals surface area contributed by atoms with Crippen LogP contribution in [-0.2, 0) is 6.42 Å². The van der Waals surface area contributed by atoms with Crippen molar-refractivity contribution in [3.63, 3.8) is 0 Å². The average molecular weight is 263 g/mol. The fraction of sp³-hybridized carbons (Fsp3) is 0.500. The minimum Gasteiger partial charge on any atom is -0.390 e. The van der Waals surface area contributed by atoms with Crippen molar-refractivity contribution < 1.29 is 10.2 Å². The molecule has 1 aromatic rings. The molecule has 2 nitrogen and oxygen atoms in total. The third kappa shape index (κ3) is 3.36. The van der Waals surface area contributed by atoms with Crippen LogP contribution in [0.25, 0.3) is 0 Å². The van der Waals surface area contributed by atoms with Crippen molar-refractivity contribution in [2.75, 3.05) is 0 Å². The summed E-state index contributed by atoms with van der Waals surface area (Å²) in [7, 11) is 0. The second-order valence-electron chi connectivity index (χ2n) is 4.22. The molecule has 2 atom stereocenters. The summed E-state index contributed by atoms with van der Waals surface area (Å²) in [5.74, 6) is 0.00737. The highest BCUT2D eigenvalue weighted by Crippen LogP contribution is 2.27. The lowest BCUT2D eigenvalue weighted by atomic mass is 9.96. The van der Waals surface area contributed by atoms with Gasteiger partial charge in [-0.25, -0.2) is 0 Å². The summed E-state index contributed by atoms with van der Waals surface area (Å²) in [5, 5.41) is 20.4. The fourth-order valence-electron chi connectivity index (χ4n) is 1.50. The number of halogens is 2. The van der Waals surface area contributed by atoms with Crippen molar-refractivity contribution in [1.29, 1.82) is 0 Å². The molecule has 1 aromatic carbocycles. The molecule has 4 heteroatoms. The van der Waals surface area contributed by atoms with Crippen LogP contribution >= 0.6 is 23.2 Å². The molecule has 90 valence electrons. The van der Waals surface area contributed by atoms with Crippen LogP contribution in [0.5, 0.6) is 0 Å². The summed E-state index contributed by atoms with van der Waals surface area (Å²) in [4.78, 5) is 0. The molecule has 0 aromatic heterocycles. The van der Waals surface area contributed by atoms with Gasteiger partial charge >= 0.3 is 0 Å². The average Bonchev–Trinajstić information content (AvgIpc) is 2.23. The molecule has 0 bridgehead atoms. The zero-order chi connectivity index (χ0) is 12.3. The van der Waals surface area contributed by atoms with Crippen molar-refractivity contribution in [2.24, 2.45) is 5.92 Å². The summed E-state index contributed by atoms with van der Waals surface area (Å²) in [5.41, 5.74) is 0.751. The van der Waals surface area contributed by atoms with Gasteiger partial charge in [0.25, 0.3) is 0 Å². The minimum absolute atomic E-state index is 0.00737. The van der Waals surface area contributed by atoms with E-state index in [-0.39, 0.29) is 5.92 Å². The van der Waals surface area contributed by atoms with Crippen LogP contribution in [0, 0.1) is 5.92 Å². The molecule has 0 saturated heterocycles. The van der Waals surface area contributed by atoms with E-state index in [0.29, 0.717) is 16.5 Å². The number of hydrogen-bond donors (Lipinski definition) is 2. The summed E-state index contributed by atoms with van der Waals surface area (Å²) in [6, 6.07) is 5.27. The van der Waals surface area contributed by atoms with Crippen LogP contribution in [0.1, 0.15) is 19.4 Å². The second-order valence-corrected chi connectivity index (χ2v) is 5.00. The standard InChI is InChI=1S/C12H16Cl2O2/c1-7(2)12(16)10(15)6-8-4-3-5-9(13)11(8)14/h3-5,7,10,12,15-16H,6H2,1-2H3.